The molecule has 0 radical (unpaired) electrons. The molecule has 1 saturated carbocycles. The van der Waals surface area contributed by atoms with Crippen molar-refractivity contribution < 1.29 is 4.79 Å². The van der Waals surface area contributed by atoms with E-state index in [0.29, 0.717) is 5.56 Å². The second-order valence-corrected chi connectivity index (χ2v) is 5.08. The Kier molecular flexibility index (Phi) is 3.38. The number of amides is 1. The van der Waals surface area contributed by atoms with Gasteiger partial charge < -0.3 is 4.90 Å². The van der Waals surface area contributed by atoms with Gasteiger partial charge in [-0.2, -0.15) is 5.26 Å². The molecule has 2 rings (SSSR count). The summed E-state index contributed by atoms with van der Waals surface area (Å²) < 4.78 is 0. The SMILES string of the molecule is Cc1cccc(C(=O)N(C)C2(C#N)CCCC2)c1. The Morgan fingerprint density at radius 3 is 2.61 bits per heavy atom. The summed E-state index contributed by atoms with van der Waals surface area (Å²) in [7, 11) is 1.75. The molecule has 0 spiro atoms. The number of benzene rings is 1. The summed E-state index contributed by atoms with van der Waals surface area (Å²) >= 11 is 0. The highest BCUT2D eigenvalue weighted by Crippen LogP contribution is 2.34. The fraction of sp³-hybridized carbons (Fsp3) is 0.467. The first-order valence-corrected chi connectivity index (χ1v) is 6.35. The van der Waals surface area contributed by atoms with E-state index in [4.69, 9.17) is 0 Å². The Morgan fingerprint density at radius 2 is 2.06 bits per heavy atom. The predicted molar refractivity (Wildman–Crippen MR) is 70.1 cm³/mol. The summed E-state index contributed by atoms with van der Waals surface area (Å²) in [6.45, 7) is 1.96. The van der Waals surface area contributed by atoms with Gasteiger partial charge >= 0.3 is 0 Å². The van der Waals surface area contributed by atoms with Crippen LogP contribution in [0.1, 0.15) is 41.6 Å². The number of carbonyl (C=O) groups is 1. The monoisotopic (exact) mass is 242 g/mol. The van der Waals surface area contributed by atoms with E-state index in [-0.39, 0.29) is 5.91 Å². The first-order valence-electron chi connectivity index (χ1n) is 6.35. The van der Waals surface area contributed by atoms with Crippen LogP contribution in [0.2, 0.25) is 0 Å². The molecule has 3 heteroatoms. The van der Waals surface area contributed by atoms with Crippen molar-refractivity contribution in [2.75, 3.05) is 7.05 Å². The number of nitriles is 1. The molecule has 0 heterocycles. The Labute approximate surface area is 108 Å². The molecular weight excluding hydrogens is 224 g/mol. The summed E-state index contributed by atoms with van der Waals surface area (Å²) in [5.74, 6) is -0.0536. The summed E-state index contributed by atoms with van der Waals surface area (Å²) in [5, 5.41) is 9.39. The zero-order valence-electron chi connectivity index (χ0n) is 10.9. The lowest BCUT2D eigenvalue weighted by atomic mass is 9.96. The lowest BCUT2D eigenvalue weighted by Crippen LogP contribution is -2.46. The smallest absolute Gasteiger partial charge is 0.254 e. The maximum atomic E-state index is 12.4. The number of nitrogens with zero attached hydrogens (tertiary/aromatic N) is 2. The molecule has 1 aliphatic carbocycles. The van der Waals surface area contributed by atoms with Gasteiger partial charge in [0, 0.05) is 12.6 Å². The maximum absolute atomic E-state index is 12.4. The minimum Gasteiger partial charge on any atom is -0.323 e. The molecule has 1 fully saturated rings. The molecule has 0 saturated heterocycles. The molecule has 0 aliphatic heterocycles. The molecule has 1 aromatic carbocycles. The molecule has 0 aromatic heterocycles. The van der Waals surface area contributed by atoms with E-state index < -0.39 is 5.54 Å². The number of aryl methyl sites for hydroxylation is 1. The van der Waals surface area contributed by atoms with E-state index >= 15 is 0 Å². The molecule has 1 aliphatic rings. The van der Waals surface area contributed by atoms with Crippen LogP contribution in [0.15, 0.2) is 24.3 Å². The van der Waals surface area contributed by atoms with Crippen LogP contribution in [-0.4, -0.2) is 23.4 Å². The Morgan fingerprint density at radius 1 is 1.39 bits per heavy atom. The lowest BCUT2D eigenvalue weighted by Gasteiger charge is -2.32. The van der Waals surface area contributed by atoms with Crippen LogP contribution in [0, 0.1) is 18.3 Å². The van der Waals surface area contributed by atoms with Crippen molar-refractivity contribution in [1.29, 1.82) is 5.26 Å². The quantitative estimate of drug-likeness (QED) is 0.800. The van der Waals surface area contributed by atoms with Crippen molar-refractivity contribution in [3.8, 4) is 6.07 Å². The van der Waals surface area contributed by atoms with Crippen LogP contribution in [0.4, 0.5) is 0 Å². The van der Waals surface area contributed by atoms with Gasteiger partial charge in [0.2, 0.25) is 0 Å². The first-order chi connectivity index (χ1) is 8.59. The van der Waals surface area contributed by atoms with Gasteiger partial charge in [0.1, 0.15) is 5.54 Å². The summed E-state index contributed by atoms with van der Waals surface area (Å²) in [6, 6.07) is 9.88. The van der Waals surface area contributed by atoms with Gasteiger partial charge in [0.25, 0.3) is 5.91 Å². The fourth-order valence-electron chi connectivity index (χ4n) is 2.65. The second-order valence-electron chi connectivity index (χ2n) is 5.08. The minimum absolute atomic E-state index is 0.0536. The van der Waals surface area contributed by atoms with Gasteiger partial charge in [-0.05, 0) is 44.7 Å². The molecule has 1 amide bonds. The van der Waals surface area contributed by atoms with Gasteiger partial charge in [0.05, 0.1) is 6.07 Å². The van der Waals surface area contributed by atoms with Gasteiger partial charge in [-0.1, -0.05) is 17.7 Å². The number of carbonyl (C=O) groups excluding carboxylic acids is 1. The van der Waals surface area contributed by atoms with E-state index in [2.05, 4.69) is 6.07 Å². The highest BCUT2D eigenvalue weighted by Gasteiger charge is 2.40. The van der Waals surface area contributed by atoms with E-state index in [1.807, 2.05) is 31.2 Å². The standard InChI is InChI=1S/C15H18N2O/c1-12-6-5-7-13(10-12)14(18)17(2)15(11-16)8-3-4-9-15/h5-7,10H,3-4,8-9H2,1-2H3. The molecule has 0 N–H and O–H groups in total. The first kappa shape index (κ1) is 12.6. The van der Waals surface area contributed by atoms with E-state index in [1.54, 1.807) is 11.9 Å². The summed E-state index contributed by atoms with van der Waals surface area (Å²) in [5.41, 5.74) is 1.13. The molecule has 0 atom stereocenters. The normalized spacial score (nSPS) is 17.2. The van der Waals surface area contributed by atoms with Crippen LogP contribution in [0.3, 0.4) is 0 Å². The molecule has 18 heavy (non-hydrogen) atoms. The molecule has 3 nitrogen and oxygen atoms in total. The third-order valence-electron chi connectivity index (χ3n) is 3.85. The fourth-order valence-corrected chi connectivity index (χ4v) is 2.65. The highest BCUT2D eigenvalue weighted by atomic mass is 16.2. The summed E-state index contributed by atoms with van der Waals surface area (Å²) in [4.78, 5) is 14.1. The average molecular weight is 242 g/mol. The Bertz CT molecular complexity index is 495. The molecule has 94 valence electrons. The predicted octanol–water partition coefficient (Wildman–Crippen LogP) is 2.90. The zero-order valence-corrected chi connectivity index (χ0v) is 10.9. The highest BCUT2D eigenvalue weighted by molar-refractivity contribution is 5.95. The zero-order chi connectivity index (χ0) is 13.2. The largest absolute Gasteiger partial charge is 0.323 e. The third kappa shape index (κ3) is 2.11. The molecule has 1 aromatic rings. The second kappa shape index (κ2) is 4.81. The number of rotatable bonds is 2. The topological polar surface area (TPSA) is 44.1 Å². The summed E-state index contributed by atoms with van der Waals surface area (Å²) in [6.07, 6.45) is 3.63. The van der Waals surface area contributed by atoms with Crippen LogP contribution in [0.25, 0.3) is 0 Å². The van der Waals surface area contributed by atoms with Gasteiger partial charge in [-0.15, -0.1) is 0 Å². The van der Waals surface area contributed by atoms with Crippen LogP contribution in [-0.2, 0) is 0 Å². The molecule has 0 bridgehead atoms. The number of hydrogen-bond acceptors (Lipinski definition) is 2. The third-order valence-corrected chi connectivity index (χ3v) is 3.85. The van der Waals surface area contributed by atoms with Gasteiger partial charge in [-0.3, -0.25) is 4.79 Å². The minimum atomic E-state index is -0.596. The lowest BCUT2D eigenvalue weighted by molar-refractivity contribution is 0.0663. The van der Waals surface area contributed by atoms with Crippen molar-refractivity contribution in [1.82, 2.24) is 4.90 Å². The Hall–Kier alpha value is -1.82. The molecular formula is C15H18N2O. The molecule has 0 unspecified atom stereocenters. The van der Waals surface area contributed by atoms with E-state index in [0.717, 1.165) is 31.2 Å². The van der Waals surface area contributed by atoms with Crippen molar-refractivity contribution in [3.05, 3.63) is 35.4 Å². The van der Waals surface area contributed by atoms with E-state index in [1.165, 1.54) is 0 Å². The maximum Gasteiger partial charge on any atom is 0.254 e. The van der Waals surface area contributed by atoms with Crippen molar-refractivity contribution in [2.45, 2.75) is 38.1 Å². The Balaban J connectivity index is 2.26. The van der Waals surface area contributed by atoms with Gasteiger partial charge in [0.15, 0.2) is 0 Å². The number of hydrogen-bond donors (Lipinski definition) is 0. The van der Waals surface area contributed by atoms with Crippen molar-refractivity contribution in [3.63, 3.8) is 0 Å². The van der Waals surface area contributed by atoms with Crippen LogP contribution < -0.4 is 0 Å². The van der Waals surface area contributed by atoms with Gasteiger partial charge in [-0.25, -0.2) is 0 Å². The van der Waals surface area contributed by atoms with Crippen LogP contribution >= 0.6 is 0 Å². The average Bonchev–Trinajstić information content (AvgIpc) is 2.87. The van der Waals surface area contributed by atoms with Crippen molar-refractivity contribution >= 4 is 5.91 Å². The van der Waals surface area contributed by atoms with E-state index in [9.17, 15) is 10.1 Å². The van der Waals surface area contributed by atoms with Crippen LogP contribution in [0.5, 0.6) is 0 Å². The van der Waals surface area contributed by atoms with Crippen molar-refractivity contribution in [2.24, 2.45) is 0 Å².